The second kappa shape index (κ2) is 9.95. The predicted molar refractivity (Wildman–Crippen MR) is 120 cm³/mol. The summed E-state index contributed by atoms with van der Waals surface area (Å²) in [5.41, 5.74) is 0.213. The number of benzene rings is 2. The molecule has 1 N–H and O–H groups in total. The van der Waals surface area contributed by atoms with Crippen molar-refractivity contribution in [3.8, 4) is 0 Å². The molecule has 0 bridgehead atoms. The van der Waals surface area contributed by atoms with E-state index in [0.717, 1.165) is 11.1 Å². The largest absolute Gasteiger partial charge is 0.382 e. The highest BCUT2D eigenvalue weighted by Gasteiger charge is 2.63. The van der Waals surface area contributed by atoms with Gasteiger partial charge in [-0.3, -0.25) is 0 Å². The van der Waals surface area contributed by atoms with Crippen molar-refractivity contribution in [3.63, 3.8) is 0 Å². The summed E-state index contributed by atoms with van der Waals surface area (Å²) in [5, 5.41) is 11.5. The van der Waals surface area contributed by atoms with Gasteiger partial charge in [0.25, 0.3) is 0 Å². The highest BCUT2D eigenvalue weighted by molar-refractivity contribution is 6.45. The van der Waals surface area contributed by atoms with Crippen molar-refractivity contribution in [1.29, 1.82) is 0 Å². The third kappa shape index (κ3) is 5.29. The maximum absolute atomic E-state index is 11.5. The molecule has 2 saturated heterocycles. The monoisotopic (exact) mass is 482 g/mol. The fourth-order valence-electron chi connectivity index (χ4n) is 4.03. The second-order valence-corrected chi connectivity index (χ2v) is 9.65. The van der Waals surface area contributed by atoms with Crippen molar-refractivity contribution in [2.45, 2.75) is 67.9 Å². The van der Waals surface area contributed by atoms with Gasteiger partial charge in [-0.05, 0) is 25.0 Å². The van der Waals surface area contributed by atoms with Crippen LogP contribution in [0.4, 0.5) is 0 Å². The summed E-state index contributed by atoms with van der Waals surface area (Å²) in [4.78, 5) is -1.19. The summed E-state index contributed by atoms with van der Waals surface area (Å²) < 4.78 is 30.0. The van der Waals surface area contributed by atoms with Crippen LogP contribution in [-0.2, 0) is 36.9 Å². The quantitative estimate of drug-likeness (QED) is 0.540. The van der Waals surface area contributed by atoms with E-state index in [0.29, 0.717) is 13.2 Å². The van der Waals surface area contributed by atoms with Gasteiger partial charge in [-0.25, -0.2) is 0 Å². The highest BCUT2D eigenvalue weighted by Crippen LogP contribution is 2.44. The molecule has 0 unspecified atom stereocenters. The Balaban J connectivity index is 1.48. The van der Waals surface area contributed by atoms with E-state index in [4.69, 9.17) is 46.9 Å². The lowest BCUT2D eigenvalue weighted by Crippen LogP contribution is -2.56. The van der Waals surface area contributed by atoms with Gasteiger partial charge in [0.2, 0.25) is 0 Å². The Morgan fingerprint density at radius 1 is 0.938 bits per heavy atom. The summed E-state index contributed by atoms with van der Waals surface area (Å²) in [6.07, 6.45) is -2.85. The lowest BCUT2D eigenvalue weighted by molar-refractivity contribution is -0.261. The zero-order valence-electron chi connectivity index (χ0n) is 18.0. The average molecular weight is 483 g/mol. The summed E-state index contributed by atoms with van der Waals surface area (Å²) in [5.74, 6) is -0.869. The van der Waals surface area contributed by atoms with E-state index in [-0.39, 0.29) is 6.61 Å². The van der Waals surface area contributed by atoms with E-state index in [2.05, 4.69) is 0 Å². The lowest BCUT2D eigenvalue weighted by Gasteiger charge is -2.37. The molecule has 5 atom stereocenters. The number of halogens is 2. The van der Waals surface area contributed by atoms with Crippen molar-refractivity contribution in [3.05, 3.63) is 71.8 Å². The van der Waals surface area contributed by atoms with Crippen molar-refractivity contribution >= 4 is 23.2 Å². The molecule has 2 aliphatic heterocycles. The summed E-state index contributed by atoms with van der Waals surface area (Å²) >= 11 is 12.5. The van der Waals surface area contributed by atoms with E-state index < -0.39 is 40.8 Å². The third-order valence-electron chi connectivity index (χ3n) is 5.58. The molecule has 4 rings (SSSR count). The first-order valence-electron chi connectivity index (χ1n) is 10.6. The van der Waals surface area contributed by atoms with Crippen molar-refractivity contribution in [2.24, 2.45) is 0 Å². The van der Waals surface area contributed by atoms with Crippen LogP contribution in [0, 0.1) is 0 Å². The van der Waals surface area contributed by atoms with Gasteiger partial charge in [0.05, 0.1) is 19.8 Å². The Morgan fingerprint density at radius 3 is 2.09 bits per heavy atom. The third-order valence-corrected chi connectivity index (χ3v) is 6.34. The van der Waals surface area contributed by atoms with Crippen LogP contribution >= 0.6 is 23.2 Å². The molecule has 2 fully saturated rings. The van der Waals surface area contributed by atoms with Crippen LogP contribution in [0.2, 0.25) is 0 Å². The first-order valence-corrected chi connectivity index (χ1v) is 11.4. The van der Waals surface area contributed by atoms with E-state index >= 15 is 0 Å². The van der Waals surface area contributed by atoms with Crippen LogP contribution in [0.25, 0.3) is 0 Å². The van der Waals surface area contributed by atoms with Gasteiger partial charge in [-0.15, -0.1) is 23.2 Å². The number of alkyl halides is 2. The fourth-order valence-corrected chi connectivity index (χ4v) is 4.40. The van der Waals surface area contributed by atoms with E-state index in [1.807, 2.05) is 60.7 Å². The number of hydrogen-bond donors (Lipinski definition) is 1. The maximum atomic E-state index is 11.5. The van der Waals surface area contributed by atoms with Gasteiger partial charge in [0.1, 0.15) is 28.7 Å². The normalized spacial score (nSPS) is 28.6. The Hall–Kier alpha value is -1.22. The SMILES string of the molecule is CC1(C)O[C@@H]2[C@@H](OCc3ccccc3)O[C@H]([C@](O)(COCc3ccccc3)C(Cl)Cl)[C@@H]2O1. The van der Waals surface area contributed by atoms with Crippen LogP contribution in [0.5, 0.6) is 0 Å². The van der Waals surface area contributed by atoms with Crippen LogP contribution in [0.3, 0.4) is 0 Å². The van der Waals surface area contributed by atoms with Gasteiger partial charge < -0.3 is 28.8 Å². The summed E-state index contributed by atoms with van der Waals surface area (Å²) in [6.45, 7) is 4.07. The Labute approximate surface area is 198 Å². The minimum absolute atomic E-state index is 0.150. The van der Waals surface area contributed by atoms with Crippen LogP contribution in [-0.4, -0.2) is 52.5 Å². The van der Waals surface area contributed by atoms with Crippen LogP contribution < -0.4 is 0 Å². The van der Waals surface area contributed by atoms with E-state index in [9.17, 15) is 5.11 Å². The molecule has 32 heavy (non-hydrogen) atoms. The molecule has 0 aliphatic carbocycles. The van der Waals surface area contributed by atoms with Gasteiger partial charge in [0.15, 0.2) is 12.1 Å². The molecule has 8 heteroatoms. The van der Waals surface area contributed by atoms with Gasteiger partial charge in [-0.1, -0.05) is 60.7 Å². The molecule has 0 amide bonds. The number of aliphatic hydroxyl groups is 1. The second-order valence-electron chi connectivity index (χ2n) is 8.56. The van der Waals surface area contributed by atoms with Gasteiger partial charge in [0, 0.05) is 0 Å². The Kier molecular flexibility index (Phi) is 7.44. The summed E-state index contributed by atoms with van der Waals surface area (Å²) in [6, 6.07) is 19.4. The van der Waals surface area contributed by atoms with Crippen molar-refractivity contribution in [1.82, 2.24) is 0 Å². The zero-order valence-corrected chi connectivity index (χ0v) is 19.5. The van der Waals surface area contributed by atoms with Crippen molar-refractivity contribution in [2.75, 3.05) is 6.61 Å². The fraction of sp³-hybridized carbons (Fsp3) is 0.500. The van der Waals surface area contributed by atoms with E-state index in [1.54, 1.807) is 13.8 Å². The molecular weight excluding hydrogens is 455 g/mol. The average Bonchev–Trinajstić information content (AvgIpc) is 3.26. The number of ether oxygens (including phenoxy) is 5. The predicted octanol–water partition coefficient (Wildman–Crippen LogP) is 4.20. The maximum Gasteiger partial charge on any atom is 0.187 e. The lowest BCUT2D eigenvalue weighted by atomic mass is 9.94. The Morgan fingerprint density at radius 2 is 1.50 bits per heavy atom. The minimum atomic E-state index is -1.74. The first-order chi connectivity index (χ1) is 15.3. The molecule has 0 radical (unpaired) electrons. The Bertz CT molecular complexity index is 865. The molecule has 0 spiro atoms. The number of rotatable bonds is 9. The molecule has 6 nitrogen and oxygen atoms in total. The first kappa shape index (κ1) is 23.9. The van der Waals surface area contributed by atoms with Crippen molar-refractivity contribution < 1.29 is 28.8 Å². The minimum Gasteiger partial charge on any atom is -0.382 e. The zero-order chi connectivity index (χ0) is 22.8. The van der Waals surface area contributed by atoms with Crippen LogP contribution in [0.1, 0.15) is 25.0 Å². The van der Waals surface area contributed by atoms with Gasteiger partial charge >= 0.3 is 0 Å². The van der Waals surface area contributed by atoms with E-state index in [1.165, 1.54) is 0 Å². The number of hydrogen-bond acceptors (Lipinski definition) is 6. The highest BCUT2D eigenvalue weighted by atomic mass is 35.5. The van der Waals surface area contributed by atoms with Gasteiger partial charge in [-0.2, -0.15) is 0 Å². The molecule has 2 heterocycles. The molecule has 0 aromatic heterocycles. The standard InChI is InChI=1S/C24H28Cl2O6/c1-23(2)31-18-19(32-23)21(29-14-17-11-7-4-8-12-17)30-20(18)24(27,22(25)26)15-28-13-16-9-5-3-6-10-16/h3-12,18-22,27H,13-15H2,1-2H3/t18-,19+,20+,21+,24-/m1/s1. The molecule has 2 aromatic rings. The molecular formula is C24H28Cl2O6. The molecule has 2 aliphatic rings. The topological polar surface area (TPSA) is 66.4 Å². The summed E-state index contributed by atoms with van der Waals surface area (Å²) in [7, 11) is 0. The smallest absolute Gasteiger partial charge is 0.187 e. The number of fused-ring (bicyclic) bond motifs is 1. The van der Waals surface area contributed by atoms with Crippen LogP contribution in [0.15, 0.2) is 60.7 Å². The molecule has 0 saturated carbocycles. The molecule has 174 valence electrons. The molecule has 2 aromatic carbocycles.